The van der Waals surface area contributed by atoms with E-state index in [1.165, 1.54) is 76.4 Å². The number of esters is 1. The molecule has 4 aliphatic carbocycles. The standard InChI is InChI=1S/C40H61FO7/c1-6-7-8-9-10-11-12-13-14-15-16-17-18-19-35(45)46-27-33(44)40-34(47-36(2,3)48-40)25-31-30-21-20-28-24-29(42)22-23-37(28,4)39(30,41)32(43)26-38(31,40)5/h22-24,30-32,34,43H,6-21,25-27H2,1-5H3/t30-,31-,32+,34+,37+,38-,39-,40+/m1/s1. The fourth-order valence-electron chi connectivity index (χ4n) is 10.4. The summed E-state index contributed by atoms with van der Waals surface area (Å²) in [5.74, 6) is -2.90. The van der Waals surface area contributed by atoms with Gasteiger partial charge in [0.05, 0.1) is 12.2 Å². The normalized spacial score (nSPS) is 37.7. The Bertz CT molecular complexity index is 1260. The van der Waals surface area contributed by atoms with Crippen molar-refractivity contribution < 1.29 is 38.1 Å². The van der Waals surface area contributed by atoms with Gasteiger partial charge in [-0.25, -0.2) is 4.39 Å². The van der Waals surface area contributed by atoms with E-state index in [1.807, 2.05) is 6.92 Å². The molecule has 1 aliphatic heterocycles. The highest BCUT2D eigenvalue weighted by Crippen LogP contribution is 2.72. The molecule has 0 aromatic rings. The van der Waals surface area contributed by atoms with Gasteiger partial charge >= 0.3 is 5.97 Å². The minimum absolute atomic E-state index is 0.0100. The van der Waals surface area contributed by atoms with Crippen LogP contribution in [0.5, 0.6) is 0 Å². The summed E-state index contributed by atoms with van der Waals surface area (Å²) in [6, 6.07) is 0. The fourth-order valence-corrected chi connectivity index (χ4v) is 10.4. The minimum Gasteiger partial charge on any atom is -0.458 e. The molecule has 8 atom stereocenters. The molecular weight excluding hydrogens is 611 g/mol. The van der Waals surface area contributed by atoms with E-state index in [4.69, 9.17) is 14.2 Å². The maximum absolute atomic E-state index is 17.6. The van der Waals surface area contributed by atoms with E-state index < -0.39 is 58.6 Å². The second kappa shape index (κ2) is 14.8. The van der Waals surface area contributed by atoms with Gasteiger partial charge in [0.2, 0.25) is 5.78 Å². The number of carbonyl (C=O) groups excluding carboxylic acids is 3. The first-order valence-corrected chi connectivity index (χ1v) is 19.1. The van der Waals surface area contributed by atoms with Gasteiger partial charge in [-0.1, -0.05) is 103 Å². The number of Topliss-reactive ketones (excluding diaryl/α,β-unsaturated/α-hetero) is 1. The number of hydrogen-bond acceptors (Lipinski definition) is 7. The molecule has 4 fully saturated rings. The van der Waals surface area contributed by atoms with Gasteiger partial charge in [0.1, 0.15) is 0 Å². The average Bonchev–Trinajstić information content (AvgIpc) is 3.44. The molecule has 0 aromatic heterocycles. The minimum atomic E-state index is -2.02. The molecule has 1 heterocycles. The van der Waals surface area contributed by atoms with Crippen LogP contribution in [0.3, 0.4) is 0 Å². The molecule has 5 aliphatic rings. The van der Waals surface area contributed by atoms with Crippen LogP contribution in [-0.2, 0) is 28.6 Å². The predicted octanol–water partition coefficient (Wildman–Crippen LogP) is 8.45. The summed E-state index contributed by atoms with van der Waals surface area (Å²) in [5.41, 5.74) is -4.85. The number of aliphatic hydroxyl groups excluding tert-OH is 1. The third kappa shape index (κ3) is 6.64. The number of hydrogen-bond donors (Lipinski definition) is 1. The molecule has 0 bridgehead atoms. The van der Waals surface area contributed by atoms with E-state index in [0.29, 0.717) is 24.8 Å². The SMILES string of the molecule is CCCCCCCCCCCCCCCC(=O)OCC(=O)[C@]12OC(C)(C)O[C@H]1C[C@@H]1[C@H]3CCC4=CC(=O)C=C[C@]4(C)[C@]3(F)[C@@H](O)C[C@]12C. The smallest absolute Gasteiger partial charge is 0.306 e. The van der Waals surface area contributed by atoms with Crippen LogP contribution in [0.15, 0.2) is 23.8 Å². The second-order valence-electron chi connectivity index (χ2n) is 16.4. The largest absolute Gasteiger partial charge is 0.458 e. The van der Waals surface area contributed by atoms with Crippen molar-refractivity contribution >= 4 is 17.5 Å². The number of allylic oxidation sites excluding steroid dienone is 4. The molecule has 48 heavy (non-hydrogen) atoms. The number of halogens is 1. The summed E-state index contributed by atoms with van der Waals surface area (Å²) in [5, 5.41) is 11.7. The quantitative estimate of drug-likeness (QED) is 0.122. The summed E-state index contributed by atoms with van der Waals surface area (Å²) in [6.07, 6.45) is 20.0. The van der Waals surface area contributed by atoms with Gasteiger partial charge in [0, 0.05) is 23.2 Å². The van der Waals surface area contributed by atoms with Crippen molar-refractivity contribution in [3.8, 4) is 0 Å². The Morgan fingerprint density at radius 2 is 1.54 bits per heavy atom. The topological polar surface area (TPSA) is 99.1 Å². The van der Waals surface area contributed by atoms with Gasteiger partial charge in [-0.05, 0) is 70.9 Å². The van der Waals surface area contributed by atoms with Crippen molar-refractivity contribution in [3.05, 3.63) is 23.8 Å². The number of rotatable bonds is 17. The van der Waals surface area contributed by atoms with E-state index in [1.54, 1.807) is 26.8 Å². The molecule has 8 heteroatoms. The first-order valence-electron chi connectivity index (χ1n) is 19.1. The lowest BCUT2D eigenvalue weighted by molar-refractivity contribution is -0.246. The van der Waals surface area contributed by atoms with Gasteiger partial charge in [-0.2, -0.15) is 0 Å². The molecule has 0 aromatic carbocycles. The predicted molar refractivity (Wildman–Crippen MR) is 183 cm³/mol. The second-order valence-corrected chi connectivity index (χ2v) is 16.4. The van der Waals surface area contributed by atoms with Gasteiger partial charge < -0.3 is 19.3 Å². The van der Waals surface area contributed by atoms with Crippen molar-refractivity contribution in [2.45, 2.75) is 179 Å². The molecule has 0 spiro atoms. The highest BCUT2D eigenvalue weighted by atomic mass is 19.1. The summed E-state index contributed by atoms with van der Waals surface area (Å²) in [7, 11) is 0. The monoisotopic (exact) mass is 672 g/mol. The average molecular weight is 673 g/mol. The first-order chi connectivity index (χ1) is 22.7. The highest BCUT2D eigenvalue weighted by molar-refractivity contribution is 6.01. The van der Waals surface area contributed by atoms with E-state index in [0.717, 1.165) is 19.3 Å². The number of alkyl halides is 1. The lowest BCUT2D eigenvalue weighted by Crippen LogP contribution is -2.70. The maximum Gasteiger partial charge on any atom is 0.306 e. The Morgan fingerprint density at radius 1 is 0.938 bits per heavy atom. The number of fused-ring (bicyclic) bond motifs is 7. The summed E-state index contributed by atoms with van der Waals surface area (Å²) in [6.45, 7) is 9.04. The Labute approximate surface area is 287 Å². The Balaban J connectivity index is 1.15. The molecule has 0 radical (unpaired) electrons. The van der Waals surface area contributed by atoms with Crippen LogP contribution in [0.4, 0.5) is 4.39 Å². The van der Waals surface area contributed by atoms with Gasteiger partial charge in [-0.15, -0.1) is 0 Å². The van der Waals surface area contributed by atoms with Gasteiger partial charge in [0.15, 0.2) is 29.4 Å². The van der Waals surface area contributed by atoms with E-state index in [2.05, 4.69) is 6.92 Å². The number of ether oxygens (including phenoxy) is 3. The van der Waals surface area contributed by atoms with Crippen LogP contribution >= 0.6 is 0 Å². The third-order valence-electron chi connectivity index (χ3n) is 12.9. The van der Waals surface area contributed by atoms with E-state index >= 15 is 4.39 Å². The van der Waals surface area contributed by atoms with Crippen LogP contribution in [-0.4, -0.2) is 58.5 Å². The van der Waals surface area contributed by atoms with Crippen LogP contribution in [0.2, 0.25) is 0 Å². The van der Waals surface area contributed by atoms with Gasteiger partial charge in [0.25, 0.3) is 0 Å². The van der Waals surface area contributed by atoms with Crippen LogP contribution < -0.4 is 0 Å². The van der Waals surface area contributed by atoms with Crippen LogP contribution in [0, 0.1) is 22.7 Å². The first kappa shape index (κ1) is 37.4. The van der Waals surface area contributed by atoms with Crippen molar-refractivity contribution in [1.29, 1.82) is 0 Å². The highest BCUT2D eigenvalue weighted by Gasteiger charge is 2.80. The zero-order chi connectivity index (χ0) is 34.8. The fraction of sp³-hybridized carbons (Fsp3) is 0.825. The lowest BCUT2D eigenvalue weighted by atomic mass is 9.44. The van der Waals surface area contributed by atoms with Crippen LogP contribution in [0.25, 0.3) is 0 Å². The molecule has 5 rings (SSSR count). The summed E-state index contributed by atoms with van der Waals surface area (Å²) < 4.78 is 36.1. The Hall–Kier alpha value is -1.90. The molecule has 3 saturated carbocycles. The van der Waals surface area contributed by atoms with E-state index in [9.17, 15) is 19.5 Å². The summed E-state index contributed by atoms with van der Waals surface area (Å²) in [4.78, 5) is 39.2. The summed E-state index contributed by atoms with van der Waals surface area (Å²) >= 11 is 0. The number of ketones is 2. The Morgan fingerprint density at radius 3 is 2.17 bits per heavy atom. The molecule has 1 N–H and O–H groups in total. The third-order valence-corrected chi connectivity index (χ3v) is 12.9. The molecule has 270 valence electrons. The Kier molecular flexibility index (Phi) is 11.5. The van der Waals surface area contributed by atoms with Crippen molar-refractivity contribution in [2.75, 3.05) is 6.61 Å². The number of carbonyl (C=O) groups is 3. The van der Waals surface area contributed by atoms with Crippen molar-refractivity contribution in [3.63, 3.8) is 0 Å². The molecule has 0 amide bonds. The van der Waals surface area contributed by atoms with Crippen molar-refractivity contribution in [1.82, 2.24) is 0 Å². The van der Waals surface area contributed by atoms with Crippen LogP contribution in [0.1, 0.15) is 150 Å². The zero-order valence-corrected chi connectivity index (χ0v) is 30.3. The number of aliphatic hydroxyl groups is 1. The van der Waals surface area contributed by atoms with E-state index in [-0.39, 0.29) is 30.3 Å². The van der Waals surface area contributed by atoms with Gasteiger partial charge in [-0.3, -0.25) is 14.4 Å². The van der Waals surface area contributed by atoms with Crippen molar-refractivity contribution in [2.24, 2.45) is 22.7 Å². The maximum atomic E-state index is 17.6. The molecule has 7 nitrogen and oxygen atoms in total. The molecule has 0 unspecified atom stereocenters. The molecular formula is C40H61FO7. The zero-order valence-electron chi connectivity index (χ0n) is 30.3. The number of unbranched alkanes of at least 4 members (excludes halogenated alkanes) is 12. The lowest BCUT2D eigenvalue weighted by Gasteiger charge is -2.62. The molecule has 1 saturated heterocycles.